The smallest absolute Gasteiger partial charge is 0.0215 e. The number of hydrogen-bond acceptors (Lipinski definition) is 0. The third kappa shape index (κ3) is 3.06. The molecule has 0 heteroatoms. The van der Waals surface area contributed by atoms with Crippen molar-refractivity contribution in [1.82, 2.24) is 0 Å². The third-order valence-corrected chi connectivity index (χ3v) is 7.72. The minimum absolute atomic E-state index is 0.723. The molecule has 0 spiro atoms. The minimum Gasteiger partial charge on any atom is -0.0622 e. The Morgan fingerprint density at radius 3 is 1.86 bits per heavy atom. The first-order valence-electron chi connectivity index (χ1n) is 10.2. The molecule has 0 amide bonds. The Kier molecular flexibility index (Phi) is 5.33. The van der Waals surface area contributed by atoms with Crippen molar-refractivity contribution >= 4 is 0 Å². The van der Waals surface area contributed by atoms with Gasteiger partial charge in [-0.3, -0.25) is 0 Å². The summed E-state index contributed by atoms with van der Waals surface area (Å²) in [5, 5.41) is 0. The van der Waals surface area contributed by atoms with Crippen LogP contribution >= 0.6 is 0 Å². The zero-order chi connectivity index (χ0) is 14.7. The lowest BCUT2D eigenvalue weighted by atomic mass is 9.49. The van der Waals surface area contributed by atoms with Gasteiger partial charge in [0.2, 0.25) is 0 Å². The van der Waals surface area contributed by atoms with Crippen molar-refractivity contribution in [2.45, 2.75) is 104 Å². The van der Waals surface area contributed by atoms with Crippen LogP contribution in [0.2, 0.25) is 0 Å². The quantitative estimate of drug-likeness (QED) is 0.526. The highest BCUT2D eigenvalue weighted by Crippen LogP contribution is 2.59. The largest absolute Gasteiger partial charge is 0.0622 e. The van der Waals surface area contributed by atoms with Gasteiger partial charge < -0.3 is 0 Å². The summed E-state index contributed by atoms with van der Waals surface area (Å²) in [5.74, 6) is 4.14. The van der Waals surface area contributed by atoms with E-state index in [1.54, 1.807) is 38.5 Å². The second-order valence-electron chi connectivity index (χ2n) is 8.85. The van der Waals surface area contributed by atoms with E-state index in [1.807, 2.05) is 0 Å². The van der Waals surface area contributed by atoms with Crippen LogP contribution in [0.4, 0.5) is 0 Å². The fourth-order valence-electron chi connectivity index (χ4n) is 6.80. The molecule has 0 radical (unpaired) electrons. The Balaban J connectivity index is 1.85. The molecular weight excluding hydrogens is 252 g/mol. The van der Waals surface area contributed by atoms with Gasteiger partial charge in [-0.2, -0.15) is 0 Å². The molecule has 3 fully saturated rings. The van der Waals surface area contributed by atoms with Crippen LogP contribution in [0.1, 0.15) is 104 Å². The Morgan fingerprint density at radius 2 is 1.24 bits per heavy atom. The molecule has 3 saturated carbocycles. The van der Waals surface area contributed by atoms with Crippen LogP contribution in [0.25, 0.3) is 0 Å². The molecule has 3 aliphatic carbocycles. The van der Waals surface area contributed by atoms with E-state index >= 15 is 0 Å². The molecule has 0 aromatic heterocycles. The molecule has 0 aliphatic heterocycles. The molecule has 2 unspecified atom stereocenters. The minimum atomic E-state index is 0.723. The maximum atomic E-state index is 2.58. The Hall–Kier alpha value is 0. The van der Waals surface area contributed by atoms with Gasteiger partial charge in [-0.25, -0.2) is 0 Å². The molecule has 0 saturated heterocycles. The lowest BCUT2D eigenvalue weighted by Crippen LogP contribution is -2.48. The first-order valence-corrected chi connectivity index (χ1v) is 10.2. The van der Waals surface area contributed by atoms with Gasteiger partial charge in [0.1, 0.15) is 0 Å². The summed E-state index contributed by atoms with van der Waals surface area (Å²) >= 11 is 0. The molecule has 0 nitrogen and oxygen atoms in total. The van der Waals surface area contributed by atoms with Crippen LogP contribution in [0.5, 0.6) is 0 Å². The highest BCUT2D eigenvalue weighted by atomic mass is 14.5. The first-order chi connectivity index (χ1) is 10.2. The summed E-state index contributed by atoms with van der Waals surface area (Å²) in [6, 6.07) is 0. The van der Waals surface area contributed by atoms with Crippen LogP contribution in [0, 0.1) is 29.1 Å². The molecule has 0 heterocycles. The summed E-state index contributed by atoms with van der Waals surface area (Å²) in [7, 11) is 0. The maximum Gasteiger partial charge on any atom is -0.0215 e. The molecule has 0 aromatic carbocycles. The normalized spacial score (nSPS) is 37.0. The number of rotatable bonds is 3. The molecule has 3 rings (SSSR count). The maximum absolute atomic E-state index is 2.58. The Labute approximate surface area is 133 Å². The molecular formula is C21H38. The molecule has 122 valence electrons. The Morgan fingerprint density at radius 1 is 0.667 bits per heavy atom. The topological polar surface area (TPSA) is 0 Å². The van der Waals surface area contributed by atoms with Crippen molar-refractivity contribution in [2.24, 2.45) is 29.1 Å². The highest BCUT2D eigenvalue weighted by Gasteiger charge is 2.50. The molecule has 2 atom stereocenters. The van der Waals surface area contributed by atoms with Gasteiger partial charge in [0, 0.05) is 0 Å². The van der Waals surface area contributed by atoms with Crippen LogP contribution in [0.15, 0.2) is 0 Å². The van der Waals surface area contributed by atoms with E-state index in [1.165, 1.54) is 51.4 Å². The standard InChI is InChI=1S/C21H38/c1-17(2)21(19-13-7-4-8-14-19)16-10-9-15-20(21)18-11-5-3-6-12-18/h17-20H,3-16H2,1-2H3. The fraction of sp³-hybridized carbons (Fsp3) is 1.00. The lowest BCUT2D eigenvalue weighted by Gasteiger charge is -2.56. The van der Waals surface area contributed by atoms with E-state index in [9.17, 15) is 0 Å². The Bertz CT molecular complexity index is 306. The zero-order valence-electron chi connectivity index (χ0n) is 14.7. The predicted molar refractivity (Wildman–Crippen MR) is 92.4 cm³/mol. The molecule has 0 aromatic rings. The molecule has 3 aliphatic rings. The van der Waals surface area contributed by atoms with Gasteiger partial charge in [0.15, 0.2) is 0 Å². The monoisotopic (exact) mass is 290 g/mol. The van der Waals surface area contributed by atoms with Crippen LogP contribution in [-0.2, 0) is 0 Å². The van der Waals surface area contributed by atoms with Crippen molar-refractivity contribution in [3.8, 4) is 0 Å². The molecule has 0 N–H and O–H groups in total. The molecule has 21 heavy (non-hydrogen) atoms. The average molecular weight is 291 g/mol. The van der Waals surface area contributed by atoms with Gasteiger partial charge in [-0.15, -0.1) is 0 Å². The summed E-state index contributed by atoms with van der Waals surface area (Å²) in [4.78, 5) is 0. The van der Waals surface area contributed by atoms with Crippen molar-refractivity contribution in [3.05, 3.63) is 0 Å². The van der Waals surface area contributed by atoms with E-state index in [0.717, 1.165) is 29.1 Å². The van der Waals surface area contributed by atoms with Gasteiger partial charge in [0.05, 0.1) is 0 Å². The van der Waals surface area contributed by atoms with Crippen LogP contribution < -0.4 is 0 Å². The van der Waals surface area contributed by atoms with Crippen molar-refractivity contribution in [3.63, 3.8) is 0 Å². The summed E-state index contributed by atoms with van der Waals surface area (Å²) in [5.41, 5.74) is 0.723. The highest BCUT2D eigenvalue weighted by molar-refractivity contribution is 5.00. The van der Waals surface area contributed by atoms with E-state index in [0.29, 0.717) is 0 Å². The third-order valence-electron chi connectivity index (χ3n) is 7.72. The van der Waals surface area contributed by atoms with E-state index in [4.69, 9.17) is 0 Å². The van der Waals surface area contributed by atoms with Gasteiger partial charge in [-0.1, -0.05) is 78.1 Å². The van der Waals surface area contributed by atoms with Gasteiger partial charge in [-0.05, 0) is 54.8 Å². The van der Waals surface area contributed by atoms with E-state index in [-0.39, 0.29) is 0 Å². The fourth-order valence-corrected chi connectivity index (χ4v) is 6.80. The summed E-state index contributed by atoms with van der Waals surface area (Å²) in [6.45, 7) is 5.16. The number of hydrogen-bond donors (Lipinski definition) is 0. The van der Waals surface area contributed by atoms with E-state index < -0.39 is 0 Å². The summed E-state index contributed by atoms with van der Waals surface area (Å²) < 4.78 is 0. The SMILES string of the molecule is CC(C)C1(C2CCCCC2)CCCCC1C1CCCCC1. The average Bonchev–Trinajstić information content (AvgIpc) is 2.56. The van der Waals surface area contributed by atoms with Crippen LogP contribution in [-0.4, -0.2) is 0 Å². The first kappa shape index (κ1) is 15.9. The zero-order valence-corrected chi connectivity index (χ0v) is 14.7. The lowest BCUT2D eigenvalue weighted by molar-refractivity contribution is -0.0703. The van der Waals surface area contributed by atoms with E-state index in [2.05, 4.69) is 13.8 Å². The predicted octanol–water partition coefficient (Wildman–Crippen LogP) is 6.98. The summed E-state index contributed by atoms with van der Waals surface area (Å²) in [6.07, 6.45) is 21.6. The van der Waals surface area contributed by atoms with Crippen LogP contribution in [0.3, 0.4) is 0 Å². The second-order valence-corrected chi connectivity index (χ2v) is 8.85. The van der Waals surface area contributed by atoms with Crippen molar-refractivity contribution in [2.75, 3.05) is 0 Å². The molecule has 0 bridgehead atoms. The van der Waals surface area contributed by atoms with Crippen molar-refractivity contribution in [1.29, 1.82) is 0 Å². The second kappa shape index (κ2) is 7.05. The van der Waals surface area contributed by atoms with Gasteiger partial charge in [0.25, 0.3) is 0 Å². The van der Waals surface area contributed by atoms with Crippen molar-refractivity contribution < 1.29 is 0 Å². The van der Waals surface area contributed by atoms with Gasteiger partial charge >= 0.3 is 0 Å².